The lowest BCUT2D eigenvalue weighted by atomic mass is 10.3. The summed E-state index contributed by atoms with van der Waals surface area (Å²) in [5, 5.41) is 8.48. The number of aliphatic carboxylic acids is 1. The molecule has 7 nitrogen and oxygen atoms in total. The fraction of sp³-hybridized carbons (Fsp3) is 0.818. The van der Waals surface area contributed by atoms with E-state index >= 15 is 0 Å². The van der Waals surface area contributed by atoms with Gasteiger partial charge in [-0.25, -0.2) is 12.7 Å². The summed E-state index contributed by atoms with van der Waals surface area (Å²) in [7, 11) is -2.11. The number of amides is 1. The first kappa shape index (κ1) is 17.8. The molecule has 0 radical (unpaired) electrons. The molecule has 1 amide bonds. The molecule has 0 unspecified atom stereocenters. The number of hydrogen-bond donors (Lipinski definition) is 1. The highest BCUT2D eigenvalue weighted by molar-refractivity contribution is 7.89. The molecule has 19 heavy (non-hydrogen) atoms. The largest absolute Gasteiger partial charge is 0.481 e. The first-order chi connectivity index (χ1) is 8.74. The number of nitrogens with zero attached hydrogens (tertiary/aromatic N) is 2. The van der Waals surface area contributed by atoms with Crippen LogP contribution in [0.3, 0.4) is 0 Å². The van der Waals surface area contributed by atoms with Gasteiger partial charge in [-0.1, -0.05) is 13.8 Å². The Morgan fingerprint density at radius 3 is 2.11 bits per heavy atom. The molecular weight excluding hydrogens is 272 g/mol. The van der Waals surface area contributed by atoms with Gasteiger partial charge in [-0.15, -0.1) is 0 Å². The Morgan fingerprint density at radius 1 is 1.16 bits per heavy atom. The first-order valence-corrected chi connectivity index (χ1v) is 7.79. The lowest BCUT2D eigenvalue weighted by Gasteiger charge is -2.21. The molecule has 0 bridgehead atoms. The molecule has 0 aliphatic carbocycles. The molecule has 0 rings (SSSR count). The molecule has 112 valence electrons. The second-order valence-electron chi connectivity index (χ2n) is 4.15. The van der Waals surface area contributed by atoms with Crippen LogP contribution in [0.1, 0.15) is 26.7 Å². The highest BCUT2D eigenvalue weighted by Crippen LogP contribution is 2.03. The molecule has 0 fully saturated rings. The number of hydrogen-bond acceptors (Lipinski definition) is 4. The van der Waals surface area contributed by atoms with Crippen LogP contribution in [0.15, 0.2) is 0 Å². The van der Waals surface area contributed by atoms with Gasteiger partial charge in [0.05, 0.1) is 0 Å². The predicted molar refractivity (Wildman–Crippen MR) is 71.2 cm³/mol. The van der Waals surface area contributed by atoms with Crippen molar-refractivity contribution in [2.24, 2.45) is 0 Å². The van der Waals surface area contributed by atoms with Crippen molar-refractivity contribution in [2.45, 2.75) is 26.7 Å². The van der Waals surface area contributed by atoms with Gasteiger partial charge in [0.15, 0.2) is 0 Å². The van der Waals surface area contributed by atoms with Crippen molar-refractivity contribution < 1.29 is 23.1 Å². The Morgan fingerprint density at radius 2 is 1.68 bits per heavy atom. The van der Waals surface area contributed by atoms with Crippen LogP contribution in [-0.4, -0.2) is 67.0 Å². The van der Waals surface area contributed by atoms with Crippen molar-refractivity contribution >= 4 is 21.9 Å². The fourth-order valence-corrected chi connectivity index (χ4v) is 3.07. The van der Waals surface area contributed by atoms with Crippen molar-refractivity contribution in [3.05, 3.63) is 0 Å². The minimum absolute atomic E-state index is 0.0413. The van der Waals surface area contributed by atoms with Crippen molar-refractivity contribution in [1.82, 2.24) is 9.21 Å². The van der Waals surface area contributed by atoms with Gasteiger partial charge in [-0.2, -0.15) is 0 Å². The number of carbonyl (C=O) groups is 2. The smallest absolute Gasteiger partial charge is 0.303 e. The third kappa shape index (κ3) is 6.53. The molecule has 0 aromatic carbocycles. The maximum absolute atomic E-state index is 11.9. The van der Waals surface area contributed by atoms with E-state index in [1.807, 2.05) is 0 Å². The molecule has 0 saturated heterocycles. The van der Waals surface area contributed by atoms with Crippen LogP contribution < -0.4 is 0 Å². The molecule has 0 aliphatic rings. The second kappa shape index (κ2) is 8.11. The number of rotatable bonds is 9. The van der Waals surface area contributed by atoms with E-state index in [2.05, 4.69) is 0 Å². The Balaban J connectivity index is 4.39. The maximum atomic E-state index is 11.9. The minimum atomic E-state index is -3.58. The Labute approximate surface area is 114 Å². The molecule has 0 aromatic heterocycles. The Kier molecular flexibility index (Phi) is 7.62. The normalized spacial score (nSPS) is 11.6. The van der Waals surface area contributed by atoms with E-state index in [1.165, 1.54) is 16.3 Å². The van der Waals surface area contributed by atoms with E-state index in [9.17, 15) is 18.0 Å². The molecule has 1 N–H and O–H groups in total. The van der Waals surface area contributed by atoms with Crippen LogP contribution in [0.25, 0.3) is 0 Å². The van der Waals surface area contributed by atoms with E-state index in [4.69, 9.17) is 5.11 Å². The zero-order chi connectivity index (χ0) is 15.1. The van der Waals surface area contributed by atoms with Crippen molar-refractivity contribution in [2.75, 3.05) is 32.4 Å². The molecule has 0 saturated carbocycles. The van der Waals surface area contributed by atoms with Gasteiger partial charge in [0.1, 0.15) is 5.75 Å². The highest BCUT2D eigenvalue weighted by atomic mass is 32.2. The van der Waals surface area contributed by atoms with Gasteiger partial charge >= 0.3 is 5.97 Å². The number of sulfonamides is 1. The lowest BCUT2D eigenvalue weighted by Crippen LogP contribution is -2.40. The highest BCUT2D eigenvalue weighted by Gasteiger charge is 2.24. The predicted octanol–water partition coefficient (Wildman–Crippen LogP) is -0.0188. The summed E-state index contributed by atoms with van der Waals surface area (Å²) in [6, 6.07) is 0. The van der Waals surface area contributed by atoms with E-state index in [0.29, 0.717) is 19.5 Å². The van der Waals surface area contributed by atoms with Crippen LogP contribution in [-0.2, 0) is 19.6 Å². The standard InChI is InChI=1S/C11H22N2O5S/c1-4-13(5-2)19(17,18)9-10(14)12(3)8-6-7-11(15)16/h4-9H2,1-3H3,(H,15,16). The third-order valence-electron chi connectivity index (χ3n) is 2.71. The summed E-state index contributed by atoms with van der Waals surface area (Å²) in [6.07, 6.45) is 0.267. The summed E-state index contributed by atoms with van der Waals surface area (Å²) in [6.45, 7) is 4.31. The summed E-state index contributed by atoms with van der Waals surface area (Å²) >= 11 is 0. The average molecular weight is 294 g/mol. The van der Waals surface area contributed by atoms with E-state index in [0.717, 1.165) is 0 Å². The quantitative estimate of drug-likeness (QED) is 0.645. The minimum Gasteiger partial charge on any atom is -0.481 e. The maximum Gasteiger partial charge on any atom is 0.303 e. The summed E-state index contributed by atoms with van der Waals surface area (Å²) in [5.74, 6) is -2.02. The lowest BCUT2D eigenvalue weighted by molar-refractivity contribution is -0.137. The second-order valence-corrected chi connectivity index (χ2v) is 6.12. The average Bonchev–Trinajstić information content (AvgIpc) is 2.28. The molecule has 8 heteroatoms. The van der Waals surface area contributed by atoms with Gasteiger partial charge in [0.25, 0.3) is 0 Å². The number of carbonyl (C=O) groups excluding carboxylic acids is 1. The van der Waals surface area contributed by atoms with E-state index in [-0.39, 0.29) is 13.0 Å². The zero-order valence-electron chi connectivity index (χ0n) is 11.6. The monoisotopic (exact) mass is 294 g/mol. The Bertz CT molecular complexity index is 403. The van der Waals surface area contributed by atoms with Crippen molar-refractivity contribution in [1.29, 1.82) is 0 Å². The van der Waals surface area contributed by atoms with Crippen molar-refractivity contribution in [3.8, 4) is 0 Å². The molecule has 0 atom stereocenters. The van der Waals surface area contributed by atoms with Gasteiger partial charge in [-0.3, -0.25) is 9.59 Å². The van der Waals surface area contributed by atoms with Crippen LogP contribution in [0.4, 0.5) is 0 Å². The van der Waals surface area contributed by atoms with Crippen LogP contribution in [0.5, 0.6) is 0 Å². The van der Waals surface area contributed by atoms with Crippen LogP contribution in [0.2, 0.25) is 0 Å². The van der Waals surface area contributed by atoms with Crippen LogP contribution in [0, 0.1) is 0 Å². The van der Waals surface area contributed by atoms with E-state index in [1.54, 1.807) is 13.8 Å². The third-order valence-corrected chi connectivity index (χ3v) is 4.63. The molecular formula is C11H22N2O5S. The van der Waals surface area contributed by atoms with Crippen LogP contribution >= 0.6 is 0 Å². The summed E-state index contributed by atoms with van der Waals surface area (Å²) < 4.78 is 25.0. The molecule has 0 spiro atoms. The van der Waals surface area contributed by atoms with Gasteiger partial charge < -0.3 is 10.0 Å². The Hall–Kier alpha value is -1.15. The molecule has 0 heterocycles. The SMILES string of the molecule is CCN(CC)S(=O)(=O)CC(=O)N(C)CCCC(=O)O. The summed E-state index contributed by atoms with van der Waals surface area (Å²) in [4.78, 5) is 23.3. The topological polar surface area (TPSA) is 95.0 Å². The van der Waals surface area contributed by atoms with E-state index < -0.39 is 27.7 Å². The zero-order valence-corrected chi connectivity index (χ0v) is 12.4. The summed E-state index contributed by atoms with van der Waals surface area (Å²) in [5.41, 5.74) is 0. The van der Waals surface area contributed by atoms with Gasteiger partial charge in [0.2, 0.25) is 15.9 Å². The van der Waals surface area contributed by atoms with Crippen molar-refractivity contribution in [3.63, 3.8) is 0 Å². The van der Waals surface area contributed by atoms with Gasteiger partial charge in [0, 0.05) is 33.1 Å². The molecule has 0 aliphatic heterocycles. The number of carboxylic acids is 1. The van der Waals surface area contributed by atoms with Gasteiger partial charge in [-0.05, 0) is 6.42 Å². The first-order valence-electron chi connectivity index (χ1n) is 6.18. The number of carboxylic acid groups (broad SMARTS) is 1. The molecule has 0 aromatic rings. The fourth-order valence-electron chi connectivity index (χ4n) is 1.57.